The molecular formula is C47H45N5O. The van der Waals surface area contributed by atoms with Crippen LogP contribution in [-0.2, 0) is 22.9 Å². The molecule has 1 heterocycles. The number of anilines is 2. The summed E-state index contributed by atoms with van der Waals surface area (Å²) >= 11 is 0. The van der Waals surface area contributed by atoms with Crippen LogP contribution < -0.4 is 15.5 Å². The molecule has 6 heteroatoms. The molecule has 2 N–H and O–H groups in total. The van der Waals surface area contributed by atoms with Crippen LogP contribution in [-0.4, -0.2) is 29.3 Å². The van der Waals surface area contributed by atoms with E-state index in [1.165, 1.54) is 16.7 Å². The number of unbranched alkanes of at least 4 members (excludes halogenated alkanes) is 1. The van der Waals surface area contributed by atoms with Crippen LogP contribution in [0.5, 0.6) is 0 Å². The van der Waals surface area contributed by atoms with Gasteiger partial charge in [-0.2, -0.15) is 5.10 Å². The van der Waals surface area contributed by atoms with Gasteiger partial charge in [0, 0.05) is 13.6 Å². The SMILES string of the molecule is Cn1ncc(N(C=O)CCCCNC(c2ccccc2)(c2ccccc2)c2ccccc2)c1NC(c1ccccc1)(c1ccccc1)c1ccccc1. The van der Waals surface area contributed by atoms with Crippen molar-refractivity contribution in [2.45, 2.75) is 23.9 Å². The molecule has 0 aliphatic heterocycles. The number of hydrogen-bond donors (Lipinski definition) is 2. The topological polar surface area (TPSA) is 62.2 Å². The van der Waals surface area contributed by atoms with Crippen molar-refractivity contribution in [1.82, 2.24) is 15.1 Å². The minimum Gasteiger partial charge on any atom is -0.351 e. The van der Waals surface area contributed by atoms with Gasteiger partial charge in [-0.15, -0.1) is 0 Å². The summed E-state index contributed by atoms with van der Waals surface area (Å²) in [5.41, 5.74) is 6.19. The molecule has 0 fully saturated rings. The highest BCUT2D eigenvalue weighted by molar-refractivity contribution is 5.82. The van der Waals surface area contributed by atoms with E-state index in [-0.39, 0.29) is 0 Å². The monoisotopic (exact) mass is 695 g/mol. The molecule has 53 heavy (non-hydrogen) atoms. The number of nitrogens with one attached hydrogen (secondary N) is 2. The molecule has 6 aromatic carbocycles. The first-order chi connectivity index (χ1) is 26.2. The molecule has 0 aliphatic carbocycles. The van der Waals surface area contributed by atoms with Crippen molar-refractivity contribution in [3.05, 3.63) is 222 Å². The van der Waals surface area contributed by atoms with Crippen molar-refractivity contribution < 1.29 is 4.79 Å². The van der Waals surface area contributed by atoms with E-state index in [1.54, 1.807) is 11.1 Å². The van der Waals surface area contributed by atoms with Gasteiger partial charge < -0.3 is 10.2 Å². The highest BCUT2D eigenvalue weighted by atomic mass is 16.1. The number of nitrogens with zero attached hydrogens (tertiary/aromatic N) is 3. The van der Waals surface area contributed by atoms with Gasteiger partial charge in [0.15, 0.2) is 0 Å². The zero-order valence-electron chi connectivity index (χ0n) is 30.1. The van der Waals surface area contributed by atoms with E-state index in [1.807, 2.05) is 29.9 Å². The van der Waals surface area contributed by atoms with Crippen LogP contribution in [0, 0.1) is 0 Å². The normalized spacial score (nSPS) is 11.6. The molecule has 0 atom stereocenters. The summed E-state index contributed by atoms with van der Waals surface area (Å²) in [5.74, 6) is 0.753. The molecule has 0 unspecified atom stereocenters. The Bertz CT molecular complexity index is 1960. The molecule has 0 spiro atoms. The summed E-state index contributed by atoms with van der Waals surface area (Å²) in [7, 11) is 1.92. The molecule has 0 bridgehead atoms. The molecule has 1 amide bonds. The molecular weight excluding hydrogens is 651 g/mol. The van der Waals surface area contributed by atoms with Gasteiger partial charge in [0.25, 0.3) is 0 Å². The van der Waals surface area contributed by atoms with Crippen LogP contribution in [0.25, 0.3) is 0 Å². The highest BCUT2D eigenvalue weighted by Gasteiger charge is 2.38. The number of amides is 1. The van der Waals surface area contributed by atoms with Crippen molar-refractivity contribution in [3.8, 4) is 0 Å². The van der Waals surface area contributed by atoms with Gasteiger partial charge in [0.1, 0.15) is 17.0 Å². The fourth-order valence-corrected chi connectivity index (χ4v) is 7.52. The van der Waals surface area contributed by atoms with Crippen LogP contribution in [0.2, 0.25) is 0 Å². The summed E-state index contributed by atoms with van der Waals surface area (Å²) in [6.45, 7) is 1.28. The second kappa shape index (κ2) is 16.4. The summed E-state index contributed by atoms with van der Waals surface area (Å²) in [6, 6.07) is 63.3. The van der Waals surface area contributed by atoms with Crippen molar-refractivity contribution >= 4 is 17.9 Å². The van der Waals surface area contributed by atoms with Gasteiger partial charge in [-0.25, -0.2) is 0 Å². The van der Waals surface area contributed by atoms with Gasteiger partial charge in [0.2, 0.25) is 6.41 Å². The average molecular weight is 696 g/mol. The maximum atomic E-state index is 12.9. The lowest BCUT2D eigenvalue weighted by atomic mass is 9.77. The average Bonchev–Trinajstić information content (AvgIpc) is 3.60. The lowest BCUT2D eigenvalue weighted by molar-refractivity contribution is -0.107. The molecule has 7 aromatic rings. The lowest BCUT2D eigenvalue weighted by Gasteiger charge is -2.38. The maximum Gasteiger partial charge on any atom is 0.214 e. The number of carbonyl (C=O) groups is 1. The minimum atomic E-state index is -0.763. The van der Waals surface area contributed by atoms with Crippen molar-refractivity contribution in [3.63, 3.8) is 0 Å². The number of carbonyl (C=O) groups excluding carboxylic acids is 1. The fourth-order valence-electron chi connectivity index (χ4n) is 7.52. The van der Waals surface area contributed by atoms with Crippen molar-refractivity contribution in [1.29, 1.82) is 0 Å². The van der Waals surface area contributed by atoms with Crippen molar-refractivity contribution in [2.24, 2.45) is 7.05 Å². The third-order valence-electron chi connectivity index (χ3n) is 10.1. The number of aryl methyl sites for hydroxylation is 1. The fraction of sp³-hybridized carbons (Fsp3) is 0.149. The summed E-state index contributed by atoms with van der Waals surface area (Å²) in [4.78, 5) is 14.6. The quantitative estimate of drug-likeness (QED) is 0.0602. The van der Waals surface area contributed by atoms with Crippen LogP contribution in [0.1, 0.15) is 46.2 Å². The van der Waals surface area contributed by atoms with Gasteiger partial charge in [-0.1, -0.05) is 182 Å². The zero-order valence-corrected chi connectivity index (χ0v) is 30.1. The largest absolute Gasteiger partial charge is 0.351 e. The van der Waals surface area contributed by atoms with Gasteiger partial charge in [0.05, 0.1) is 11.7 Å². The molecule has 0 saturated carbocycles. The maximum absolute atomic E-state index is 12.9. The third-order valence-corrected chi connectivity index (χ3v) is 10.1. The molecule has 6 nitrogen and oxygen atoms in total. The van der Waals surface area contributed by atoms with Gasteiger partial charge >= 0.3 is 0 Å². The van der Waals surface area contributed by atoms with E-state index in [2.05, 4.69) is 180 Å². The smallest absolute Gasteiger partial charge is 0.214 e. The first-order valence-electron chi connectivity index (χ1n) is 18.3. The standard InChI is InChI=1S/C47H45N5O/c1-51-45(50-47(41-28-14-5-15-29-41,42-30-16-6-17-31-42)43-32-18-7-19-33-43)44(36-49-51)52(37-53)35-21-20-34-48-46(38-22-8-2-9-23-38,39-24-10-3-11-25-39)40-26-12-4-13-27-40/h2-19,22-33,36-37,48,50H,20-21,34-35H2,1H3. The number of hydrogen-bond acceptors (Lipinski definition) is 4. The summed E-state index contributed by atoms with van der Waals surface area (Å²) in [6.07, 6.45) is 4.35. The molecule has 0 saturated heterocycles. The Labute approximate surface area is 312 Å². The Morgan fingerprint density at radius 1 is 0.547 bits per heavy atom. The first-order valence-corrected chi connectivity index (χ1v) is 18.3. The predicted octanol–water partition coefficient (Wildman–Crippen LogP) is 9.15. The molecule has 0 aliphatic rings. The Kier molecular flexibility index (Phi) is 10.9. The van der Waals surface area contributed by atoms with E-state index >= 15 is 0 Å². The number of aromatic nitrogens is 2. The Balaban J connectivity index is 1.16. The van der Waals surface area contributed by atoms with Gasteiger partial charge in [-0.3, -0.25) is 14.8 Å². The van der Waals surface area contributed by atoms with Crippen LogP contribution in [0.15, 0.2) is 188 Å². The number of benzene rings is 6. The highest BCUT2D eigenvalue weighted by Crippen LogP contribution is 2.42. The van der Waals surface area contributed by atoms with Crippen LogP contribution in [0.3, 0.4) is 0 Å². The third kappa shape index (κ3) is 7.14. The second-order valence-electron chi connectivity index (χ2n) is 13.3. The zero-order chi connectivity index (χ0) is 36.4. The minimum absolute atomic E-state index is 0.537. The molecule has 7 rings (SSSR count). The van der Waals surface area contributed by atoms with E-state index in [4.69, 9.17) is 0 Å². The van der Waals surface area contributed by atoms with Gasteiger partial charge in [-0.05, 0) is 52.8 Å². The Morgan fingerprint density at radius 3 is 1.26 bits per heavy atom. The molecule has 0 radical (unpaired) electrons. The predicted molar refractivity (Wildman–Crippen MR) is 216 cm³/mol. The number of rotatable bonds is 16. The first kappa shape index (κ1) is 35.2. The van der Waals surface area contributed by atoms with Crippen molar-refractivity contribution in [2.75, 3.05) is 23.3 Å². The Morgan fingerprint density at radius 2 is 0.906 bits per heavy atom. The van der Waals surface area contributed by atoms with E-state index in [9.17, 15) is 4.79 Å². The van der Waals surface area contributed by atoms with E-state index in [0.29, 0.717) is 6.54 Å². The summed E-state index contributed by atoms with van der Waals surface area (Å²) < 4.78 is 1.82. The van der Waals surface area contributed by atoms with E-state index < -0.39 is 11.1 Å². The molecule has 1 aromatic heterocycles. The second-order valence-corrected chi connectivity index (χ2v) is 13.3. The van der Waals surface area contributed by atoms with E-state index in [0.717, 1.165) is 54.0 Å². The summed E-state index contributed by atoms with van der Waals surface area (Å²) in [5, 5.41) is 12.6. The lowest BCUT2D eigenvalue weighted by Crippen LogP contribution is -2.45. The Hall–Kier alpha value is -6.24. The molecule has 264 valence electrons. The van der Waals surface area contributed by atoms with Crippen LogP contribution >= 0.6 is 0 Å². The van der Waals surface area contributed by atoms with Crippen LogP contribution in [0.4, 0.5) is 11.5 Å².